The maximum atomic E-state index is 6.04. The second kappa shape index (κ2) is 7.79. The lowest BCUT2D eigenvalue weighted by molar-refractivity contribution is 0.119. The Morgan fingerprint density at radius 3 is 2.69 bits per heavy atom. The minimum absolute atomic E-state index is 0.611. The van der Waals surface area contributed by atoms with Gasteiger partial charge >= 0.3 is 0 Å². The van der Waals surface area contributed by atoms with Crippen LogP contribution in [0, 0.1) is 6.07 Å². The summed E-state index contributed by atoms with van der Waals surface area (Å²) in [6.45, 7) is 4.31. The van der Waals surface area contributed by atoms with Gasteiger partial charge in [0.1, 0.15) is 0 Å². The molecule has 2 heterocycles. The van der Waals surface area contributed by atoms with Gasteiger partial charge in [-0.25, -0.2) is 0 Å². The molecule has 2 aliphatic heterocycles. The van der Waals surface area contributed by atoms with Gasteiger partial charge in [-0.05, 0) is 58.5 Å². The summed E-state index contributed by atoms with van der Waals surface area (Å²) in [5, 5.41) is 0.816. The third-order valence-corrected chi connectivity index (χ3v) is 6.52. The van der Waals surface area contributed by atoms with Crippen molar-refractivity contribution in [1.82, 2.24) is 4.90 Å². The Labute approximate surface area is 169 Å². The Morgan fingerprint density at radius 1 is 1.12 bits per heavy atom. The van der Waals surface area contributed by atoms with Crippen LogP contribution in [0.15, 0.2) is 40.9 Å². The molecule has 2 atom stereocenters. The van der Waals surface area contributed by atoms with E-state index >= 15 is 0 Å². The molecule has 2 aliphatic rings. The van der Waals surface area contributed by atoms with E-state index in [2.05, 4.69) is 50.0 Å². The van der Waals surface area contributed by atoms with Gasteiger partial charge in [-0.3, -0.25) is 4.90 Å². The standard InChI is InChI=1S/C21H23BrClN2O/c1-26-21-19(22)3-2-4-20(21)25-12-11-24-13-16(7-10-18(24)14-25)15-5-8-17(23)9-6-15/h2,4-6,8-9,16,18H,7,10-14H2,1H3/t16-,18+/m0/s1. The van der Waals surface area contributed by atoms with Crippen molar-refractivity contribution in [2.24, 2.45) is 0 Å². The van der Waals surface area contributed by atoms with E-state index in [-0.39, 0.29) is 0 Å². The highest BCUT2D eigenvalue weighted by atomic mass is 79.9. The van der Waals surface area contributed by atoms with Gasteiger partial charge < -0.3 is 9.64 Å². The molecule has 0 spiro atoms. The highest BCUT2D eigenvalue weighted by molar-refractivity contribution is 9.10. The van der Waals surface area contributed by atoms with Gasteiger partial charge in [0.15, 0.2) is 5.75 Å². The second-order valence-corrected chi connectivity index (χ2v) is 8.36. The van der Waals surface area contributed by atoms with Crippen molar-refractivity contribution in [3.05, 3.63) is 57.5 Å². The number of benzene rings is 2. The summed E-state index contributed by atoms with van der Waals surface area (Å²) < 4.78 is 6.50. The minimum Gasteiger partial charge on any atom is -0.493 e. The van der Waals surface area contributed by atoms with Gasteiger partial charge in [-0.2, -0.15) is 0 Å². The topological polar surface area (TPSA) is 15.7 Å². The van der Waals surface area contributed by atoms with Crippen LogP contribution in [0.5, 0.6) is 5.75 Å². The van der Waals surface area contributed by atoms with Crippen molar-refractivity contribution in [3.8, 4) is 5.75 Å². The molecule has 5 heteroatoms. The van der Waals surface area contributed by atoms with Gasteiger partial charge in [0.2, 0.25) is 0 Å². The number of nitrogens with zero attached hydrogens (tertiary/aromatic N) is 2. The normalized spacial score (nSPS) is 23.6. The Hall–Kier alpha value is -1.23. The first-order valence-corrected chi connectivity index (χ1v) is 10.3. The molecule has 2 aromatic carbocycles. The van der Waals surface area contributed by atoms with Gasteiger partial charge in [0.05, 0.1) is 17.3 Å². The Kier molecular flexibility index (Phi) is 5.44. The van der Waals surface area contributed by atoms with Gasteiger partial charge in [-0.15, -0.1) is 0 Å². The lowest BCUT2D eigenvalue weighted by atomic mass is 9.86. The molecule has 0 saturated carbocycles. The maximum Gasteiger partial charge on any atom is 0.156 e. The summed E-state index contributed by atoms with van der Waals surface area (Å²) in [6.07, 6.45) is 2.46. The molecule has 1 radical (unpaired) electrons. The number of fused-ring (bicyclic) bond motifs is 1. The fourth-order valence-electron chi connectivity index (χ4n) is 4.29. The first-order valence-electron chi connectivity index (χ1n) is 9.14. The van der Waals surface area contributed by atoms with Crippen molar-refractivity contribution in [2.75, 3.05) is 38.2 Å². The van der Waals surface area contributed by atoms with Crippen LogP contribution in [0.3, 0.4) is 0 Å². The number of rotatable bonds is 3. The highest BCUT2D eigenvalue weighted by Gasteiger charge is 2.34. The van der Waals surface area contributed by atoms with Crippen LogP contribution in [0.1, 0.15) is 24.3 Å². The third-order valence-electron chi connectivity index (χ3n) is 5.68. The summed E-state index contributed by atoms with van der Waals surface area (Å²) in [7, 11) is 1.73. The van der Waals surface area contributed by atoms with Crippen LogP contribution in [-0.2, 0) is 0 Å². The fraction of sp³-hybridized carbons (Fsp3) is 0.429. The Bertz CT molecular complexity index is 767. The Balaban J connectivity index is 1.45. The van der Waals surface area contributed by atoms with Crippen LogP contribution in [0.4, 0.5) is 5.69 Å². The molecule has 137 valence electrons. The molecule has 0 bridgehead atoms. The number of hydrogen-bond donors (Lipinski definition) is 0. The van der Waals surface area contributed by atoms with Crippen LogP contribution in [-0.4, -0.2) is 44.2 Å². The molecule has 2 saturated heterocycles. The second-order valence-electron chi connectivity index (χ2n) is 7.13. The third kappa shape index (κ3) is 3.60. The van der Waals surface area contributed by atoms with Gasteiger partial charge in [0, 0.05) is 43.3 Å². The summed E-state index contributed by atoms with van der Waals surface area (Å²) in [5.74, 6) is 1.50. The molecule has 0 aromatic heterocycles. The average molecular weight is 435 g/mol. The van der Waals surface area contributed by atoms with Crippen LogP contribution < -0.4 is 9.64 Å². The SMILES string of the molecule is COc1c(Br)[c]ccc1N1CCN2C[C@@H](c3ccc(Cl)cc3)CC[C@@H]2C1. The number of methoxy groups -OCH3 is 1. The van der Waals surface area contributed by atoms with E-state index in [1.165, 1.54) is 18.4 Å². The van der Waals surface area contributed by atoms with Crippen LogP contribution >= 0.6 is 27.5 Å². The van der Waals surface area contributed by atoms with E-state index in [9.17, 15) is 0 Å². The lowest BCUT2D eigenvalue weighted by Crippen LogP contribution is -2.56. The average Bonchev–Trinajstić information content (AvgIpc) is 2.67. The molecule has 2 aromatic rings. The number of hydrogen-bond acceptors (Lipinski definition) is 3. The molecular formula is C21H23BrClN2O. The van der Waals surface area contributed by atoms with E-state index in [0.717, 1.165) is 47.1 Å². The van der Waals surface area contributed by atoms with Gasteiger partial charge in [-0.1, -0.05) is 29.8 Å². The predicted octanol–water partition coefficient (Wildman–Crippen LogP) is 4.98. The largest absolute Gasteiger partial charge is 0.493 e. The lowest BCUT2D eigenvalue weighted by Gasteiger charge is -2.47. The molecule has 2 fully saturated rings. The molecule has 0 N–H and O–H groups in total. The molecular weight excluding hydrogens is 412 g/mol. The first-order chi connectivity index (χ1) is 12.7. The smallest absolute Gasteiger partial charge is 0.156 e. The van der Waals surface area contributed by atoms with E-state index in [0.29, 0.717) is 12.0 Å². The zero-order valence-corrected chi connectivity index (χ0v) is 17.3. The number of ether oxygens (including phenoxy) is 1. The molecule has 26 heavy (non-hydrogen) atoms. The summed E-state index contributed by atoms with van der Waals surface area (Å²) >= 11 is 9.59. The minimum atomic E-state index is 0.611. The summed E-state index contributed by atoms with van der Waals surface area (Å²) in [5.41, 5.74) is 2.58. The van der Waals surface area contributed by atoms with E-state index in [1.54, 1.807) is 7.11 Å². The van der Waals surface area contributed by atoms with Crippen LogP contribution in [0.25, 0.3) is 0 Å². The zero-order valence-electron chi connectivity index (χ0n) is 14.9. The highest BCUT2D eigenvalue weighted by Crippen LogP contribution is 2.38. The number of anilines is 1. The monoisotopic (exact) mass is 433 g/mol. The molecule has 4 rings (SSSR count). The van der Waals surface area contributed by atoms with Crippen LogP contribution in [0.2, 0.25) is 5.02 Å². The number of halogens is 2. The number of piperazine rings is 1. The van der Waals surface area contributed by atoms with Crippen molar-refractivity contribution in [2.45, 2.75) is 24.8 Å². The van der Waals surface area contributed by atoms with Gasteiger partial charge in [0.25, 0.3) is 0 Å². The zero-order chi connectivity index (χ0) is 18.1. The van der Waals surface area contributed by atoms with Crippen molar-refractivity contribution >= 4 is 33.2 Å². The summed E-state index contributed by atoms with van der Waals surface area (Å²) in [4.78, 5) is 5.12. The predicted molar refractivity (Wildman–Crippen MR) is 111 cm³/mol. The molecule has 0 amide bonds. The summed E-state index contributed by atoms with van der Waals surface area (Å²) in [6, 6.07) is 16.2. The maximum absolute atomic E-state index is 6.04. The molecule has 0 aliphatic carbocycles. The van der Waals surface area contributed by atoms with E-state index in [1.807, 2.05) is 18.2 Å². The van der Waals surface area contributed by atoms with Crippen molar-refractivity contribution in [1.29, 1.82) is 0 Å². The van der Waals surface area contributed by atoms with Crippen molar-refractivity contribution < 1.29 is 4.74 Å². The number of piperidine rings is 1. The van der Waals surface area contributed by atoms with E-state index in [4.69, 9.17) is 16.3 Å². The molecule has 0 unspecified atom stereocenters. The fourth-order valence-corrected chi connectivity index (χ4v) is 4.91. The Morgan fingerprint density at radius 2 is 1.92 bits per heavy atom. The van der Waals surface area contributed by atoms with E-state index < -0.39 is 0 Å². The molecule has 3 nitrogen and oxygen atoms in total. The first kappa shape index (κ1) is 18.1. The van der Waals surface area contributed by atoms with Crippen molar-refractivity contribution in [3.63, 3.8) is 0 Å². The quantitative estimate of drug-likeness (QED) is 0.677.